The number of ether oxygens (including phenoxy) is 2. The molecule has 0 saturated carbocycles. The van der Waals surface area contributed by atoms with E-state index in [1.165, 1.54) is 17.3 Å². The van der Waals surface area contributed by atoms with Crippen molar-refractivity contribution in [2.45, 2.75) is 40.2 Å². The van der Waals surface area contributed by atoms with Crippen molar-refractivity contribution in [1.29, 1.82) is 0 Å². The van der Waals surface area contributed by atoms with Crippen molar-refractivity contribution in [3.63, 3.8) is 0 Å². The highest BCUT2D eigenvalue weighted by molar-refractivity contribution is 8.26. The monoisotopic (exact) mass is 484 g/mol. The molecule has 0 aliphatic carbocycles. The largest absolute Gasteiger partial charge is 0.490 e. The second-order valence-electron chi connectivity index (χ2n) is 7.67. The summed E-state index contributed by atoms with van der Waals surface area (Å²) in [5.74, 6) is 0.607. The van der Waals surface area contributed by atoms with Crippen molar-refractivity contribution in [1.82, 2.24) is 4.90 Å². The third-order valence-corrected chi connectivity index (χ3v) is 6.24. The molecule has 33 heavy (non-hydrogen) atoms. The molecule has 2 aromatic carbocycles. The first-order valence-corrected chi connectivity index (χ1v) is 12.1. The zero-order valence-corrected chi connectivity index (χ0v) is 20.8. The number of thiocarbonyl (C=S) groups is 1. The first-order chi connectivity index (χ1) is 15.8. The van der Waals surface area contributed by atoms with Crippen LogP contribution < -0.4 is 14.8 Å². The Bertz CT molecular complexity index is 1060. The summed E-state index contributed by atoms with van der Waals surface area (Å²) in [6.07, 6.45) is 2.74. The third kappa shape index (κ3) is 6.36. The van der Waals surface area contributed by atoms with Gasteiger partial charge in [-0.3, -0.25) is 14.5 Å². The Balaban J connectivity index is 1.69. The summed E-state index contributed by atoms with van der Waals surface area (Å²) in [4.78, 5) is 27.1. The summed E-state index contributed by atoms with van der Waals surface area (Å²) in [6, 6.07) is 13.1. The molecule has 0 bridgehead atoms. The van der Waals surface area contributed by atoms with E-state index in [4.69, 9.17) is 21.7 Å². The maximum absolute atomic E-state index is 12.7. The van der Waals surface area contributed by atoms with Gasteiger partial charge < -0.3 is 14.8 Å². The van der Waals surface area contributed by atoms with Crippen molar-refractivity contribution in [3.8, 4) is 11.5 Å². The van der Waals surface area contributed by atoms with Crippen LogP contribution in [0.3, 0.4) is 0 Å². The van der Waals surface area contributed by atoms with Gasteiger partial charge in [-0.25, -0.2) is 0 Å². The van der Waals surface area contributed by atoms with Crippen molar-refractivity contribution >= 4 is 51.9 Å². The minimum atomic E-state index is -0.261. The number of amides is 2. The number of benzene rings is 2. The standard InChI is InChI=1S/C25H28N2O4S2/c1-5-17-7-10-19(11-8-17)26-23(28)15-31-20-12-9-18(13-21(20)30-6-2)14-22-24(29)27(16(3)4)25(32)33-22/h7-14,16H,5-6,15H2,1-4H3,(H,26,28)/b22-14-. The Labute approximate surface area is 204 Å². The fourth-order valence-electron chi connectivity index (χ4n) is 3.24. The van der Waals surface area contributed by atoms with Crippen LogP contribution in [0.1, 0.15) is 38.8 Å². The zero-order valence-electron chi connectivity index (χ0n) is 19.2. The number of anilines is 1. The quantitative estimate of drug-likeness (QED) is 0.386. The lowest BCUT2D eigenvalue weighted by atomic mass is 10.1. The van der Waals surface area contributed by atoms with Gasteiger partial charge in [-0.15, -0.1) is 0 Å². The maximum atomic E-state index is 12.7. The molecule has 0 spiro atoms. The van der Waals surface area contributed by atoms with Crippen LogP contribution in [0.25, 0.3) is 6.08 Å². The van der Waals surface area contributed by atoms with Crippen molar-refractivity contribution in [2.75, 3.05) is 18.5 Å². The van der Waals surface area contributed by atoms with E-state index >= 15 is 0 Å². The van der Waals surface area contributed by atoms with Gasteiger partial charge in [0.1, 0.15) is 4.32 Å². The van der Waals surface area contributed by atoms with E-state index in [0.29, 0.717) is 27.3 Å². The molecular weight excluding hydrogens is 456 g/mol. The molecule has 1 heterocycles. The summed E-state index contributed by atoms with van der Waals surface area (Å²) in [5, 5.41) is 2.83. The molecule has 2 amide bonds. The van der Waals surface area contributed by atoms with E-state index in [0.717, 1.165) is 17.7 Å². The Morgan fingerprint density at radius 3 is 2.45 bits per heavy atom. The van der Waals surface area contributed by atoms with Crippen molar-refractivity contribution in [2.24, 2.45) is 0 Å². The predicted octanol–water partition coefficient (Wildman–Crippen LogP) is 5.27. The number of rotatable bonds is 9. The molecule has 0 aromatic heterocycles. The van der Waals surface area contributed by atoms with Crippen molar-refractivity contribution in [3.05, 3.63) is 58.5 Å². The van der Waals surface area contributed by atoms with Gasteiger partial charge in [0.2, 0.25) is 0 Å². The molecule has 1 aliphatic rings. The zero-order chi connectivity index (χ0) is 24.0. The number of nitrogens with one attached hydrogen (secondary N) is 1. The molecule has 1 aliphatic heterocycles. The van der Waals surface area contributed by atoms with Gasteiger partial charge in [-0.2, -0.15) is 0 Å². The molecule has 1 N–H and O–H groups in total. The Kier molecular flexibility index (Phi) is 8.52. The van der Waals surface area contributed by atoms with Crippen LogP contribution >= 0.6 is 24.0 Å². The van der Waals surface area contributed by atoms with E-state index in [-0.39, 0.29) is 24.5 Å². The summed E-state index contributed by atoms with van der Waals surface area (Å²) in [6.45, 7) is 8.11. The highest BCUT2D eigenvalue weighted by Crippen LogP contribution is 2.35. The van der Waals surface area contributed by atoms with Gasteiger partial charge in [-0.1, -0.05) is 49.1 Å². The van der Waals surface area contributed by atoms with Gasteiger partial charge in [0.15, 0.2) is 18.1 Å². The number of hydrogen-bond donors (Lipinski definition) is 1. The second-order valence-corrected chi connectivity index (χ2v) is 9.35. The van der Waals surface area contributed by atoms with Crippen LogP contribution in [0, 0.1) is 0 Å². The van der Waals surface area contributed by atoms with Crippen LogP contribution in [-0.2, 0) is 16.0 Å². The highest BCUT2D eigenvalue weighted by atomic mass is 32.2. The second kappa shape index (κ2) is 11.3. The number of thioether (sulfide) groups is 1. The maximum Gasteiger partial charge on any atom is 0.266 e. The predicted molar refractivity (Wildman–Crippen MR) is 138 cm³/mol. The molecule has 174 valence electrons. The fourth-order valence-corrected chi connectivity index (χ4v) is 4.77. The molecule has 8 heteroatoms. The highest BCUT2D eigenvalue weighted by Gasteiger charge is 2.33. The van der Waals surface area contributed by atoms with Gasteiger partial charge in [0.05, 0.1) is 11.5 Å². The lowest BCUT2D eigenvalue weighted by Gasteiger charge is -2.18. The number of carbonyl (C=O) groups excluding carboxylic acids is 2. The molecular formula is C25H28N2O4S2. The molecule has 0 unspecified atom stereocenters. The number of nitrogens with zero attached hydrogens (tertiary/aromatic N) is 1. The number of carbonyl (C=O) groups is 2. The van der Waals surface area contributed by atoms with E-state index < -0.39 is 0 Å². The SMILES string of the molecule is CCOc1cc(/C=C2\SC(=S)N(C(C)C)C2=O)ccc1OCC(=O)Nc1ccc(CC)cc1. The lowest BCUT2D eigenvalue weighted by Crippen LogP contribution is -2.34. The van der Waals surface area contributed by atoms with E-state index in [2.05, 4.69) is 12.2 Å². The normalized spacial score (nSPS) is 14.8. The number of hydrogen-bond acceptors (Lipinski definition) is 6. The Morgan fingerprint density at radius 2 is 1.85 bits per heavy atom. The third-order valence-electron chi connectivity index (χ3n) is 4.91. The molecule has 3 rings (SSSR count). The van der Waals surface area contributed by atoms with Gasteiger partial charge >= 0.3 is 0 Å². The molecule has 6 nitrogen and oxygen atoms in total. The molecule has 0 radical (unpaired) electrons. The smallest absolute Gasteiger partial charge is 0.266 e. The number of aryl methyl sites for hydroxylation is 1. The van der Waals surface area contributed by atoms with Crippen LogP contribution in [0.4, 0.5) is 5.69 Å². The van der Waals surface area contributed by atoms with E-state index in [1.54, 1.807) is 23.1 Å². The van der Waals surface area contributed by atoms with Crippen LogP contribution in [0.2, 0.25) is 0 Å². The van der Waals surface area contributed by atoms with Crippen LogP contribution in [-0.4, -0.2) is 40.3 Å². The molecule has 2 aromatic rings. The fraction of sp³-hybridized carbons (Fsp3) is 0.320. The van der Waals surface area contributed by atoms with E-state index in [1.807, 2.05) is 51.1 Å². The Morgan fingerprint density at radius 1 is 1.12 bits per heavy atom. The van der Waals surface area contributed by atoms with Gasteiger partial charge in [0, 0.05) is 11.7 Å². The minimum absolute atomic E-state index is 0.00823. The summed E-state index contributed by atoms with van der Waals surface area (Å²) < 4.78 is 12.0. The van der Waals surface area contributed by atoms with Gasteiger partial charge in [-0.05, 0) is 68.7 Å². The van der Waals surface area contributed by atoms with Crippen LogP contribution in [0.5, 0.6) is 11.5 Å². The molecule has 1 saturated heterocycles. The Hall–Kier alpha value is -2.84. The molecule has 0 atom stereocenters. The summed E-state index contributed by atoms with van der Waals surface area (Å²) in [5.41, 5.74) is 2.72. The average Bonchev–Trinajstić information content (AvgIpc) is 3.06. The molecule has 1 fully saturated rings. The van der Waals surface area contributed by atoms with Gasteiger partial charge in [0.25, 0.3) is 11.8 Å². The summed E-state index contributed by atoms with van der Waals surface area (Å²) >= 11 is 6.63. The lowest BCUT2D eigenvalue weighted by molar-refractivity contribution is -0.123. The van der Waals surface area contributed by atoms with Crippen LogP contribution in [0.15, 0.2) is 47.4 Å². The first-order valence-electron chi connectivity index (χ1n) is 10.9. The summed E-state index contributed by atoms with van der Waals surface area (Å²) in [7, 11) is 0. The van der Waals surface area contributed by atoms with E-state index in [9.17, 15) is 9.59 Å². The average molecular weight is 485 g/mol. The van der Waals surface area contributed by atoms with Crippen molar-refractivity contribution < 1.29 is 19.1 Å². The minimum Gasteiger partial charge on any atom is -0.490 e. The first kappa shape index (κ1) is 24.8. The topological polar surface area (TPSA) is 67.9 Å².